The van der Waals surface area contributed by atoms with Gasteiger partial charge in [-0.1, -0.05) is 25.1 Å². The van der Waals surface area contributed by atoms with Crippen LogP contribution in [0.4, 0.5) is 0 Å². The van der Waals surface area contributed by atoms with E-state index in [1.165, 1.54) is 0 Å². The number of para-hydroxylation sites is 1. The van der Waals surface area contributed by atoms with Gasteiger partial charge in [0.2, 0.25) is 5.91 Å². The van der Waals surface area contributed by atoms with Crippen LogP contribution in [-0.2, 0) is 17.8 Å². The number of methoxy groups -OCH3 is 1. The number of nitrogens with one attached hydrogen (secondary N) is 1. The second-order valence-corrected chi connectivity index (χ2v) is 6.35. The lowest BCUT2D eigenvalue weighted by molar-refractivity contribution is -0.122. The minimum Gasteiger partial charge on any atom is -0.496 e. The first-order chi connectivity index (χ1) is 11.5. The van der Waals surface area contributed by atoms with Gasteiger partial charge in [-0.05, 0) is 37.8 Å². The molecule has 1 heterocycles. The molecule has 0 saturated heterocycles. The Morgan fingerprint density at radius 2 is 2.04 bits per heavy atom. The fourth-order valence-electron chi connectivity index (χ4n) is 2.71. The molecule has 2 rings (SSSR count). The summed E-state index contributed by atoms with van der Waals surface area (Å²) in [6.45, 7) is 6.59. The van der Waals surface area contributed by atoms with E-state index in [1.807, 2.05) is 28.8 Å². The highest BCUT2D eigenvalue weighted by Gasteiger charge is 2.14. The Hall–Kier alpha value is -2.37. The average Bonchev–Trinajstić information content (AvgIpc) is 3.02. The van der Waals surface area contributed by atoms with Crippen LogP contribution in [0.5, 0.6) is 5.75 Å². The zero-order valence-corrected chi connectivity index (χ0v) is 14.8. The number of hydrogen-bond acceptors (Lipinski definition) is 4. The molecule has 1 aromatic heterocycles. The molecule has 130 valence electrons. The van der Waals surface area contributed by atoms with Gasteiger partial charge in [0, 0.05) is 12.5 Å². The van der Waals surface area contributed by atoms with E-state index in [0.29, 0.717) is 13.0 Å². The summed E-state index contributed by atoms with van der Waals surface area (Å²) in [7, 11) is 1.67. The van der Waals surface area contributed by atoms with Crippen LogP contribution in [0, 0.1) is 5.92 Å². The van der Waals surface area contributed by atoms with Gasteiger partial charge in [-0.25, -0.2) is 0 Å². The predicted octanol–water partition coefficient (Wildman–Crippen LogP) is 2.75. The lowest BCUT2D eigenvalue weighted by Gasteiger charge is -2.14. The summed E-state index contributed by atoms with van der Waals surface area (Å²) in [5, 5.41) is 10.9. The molecule has 2 aromatic rings. The Kier molecular flexibility index (Phi) is 6.35. The molecule has 1 N–H and O–H groups in total. The van der Waals surface area contributed by atoms with Gasteiger partial charge in [-0.3, -0.25) is 4.79 Å². The topological polar surface area (TPSA) is 69.0 Å². The van der Waals surface area contributed by atoms with Gasteiger partial charge in [-0.2, -0.15) is 0 Å². The SMILES string of the molecule is COc1ccccc1CC(C)CC(=O)NCc1nncn1C(C)C. The van der Waals surface area contributed by atoms with E-state index in [0.717, 1.165) is 23.6 Å². The van der Waals surface area contributed by atoms with Gasteiger partial charge < -0.3 is 14.6 Å². The number of carbonyl (C=O) groups excluding carboxylic acids is 1. The maximum Gasteiger partial charge on any atom is 0.220 e. The van der Waals surface area contributed by atoms with E-state index >= 15 is 0 Å². The minimum atomic E-state index is 0.0238. The van der Waals surface area contributed by atoms with Crippen molar-refractivity contribution in [2.75, 3.05) is 7.11 Å². The van der Waals surface area contributed by atoms with Gasteiger partial charge in [0.05, 0.1) is 13.7 Å². The van der Waals surface area contributed by atoms with Gasteiger partial charge in [0.1, 0.15) is 12.1 Å². The first-order valence-electron chi connectivity index (χ1n) is 8.28. The van der Waals surface area contributed by atoms with Crippen molar-refractivity contribution < 1.29 is 9.53 Å². The van der Waals surface area contributed by atoms with Crippen LogP contribution < -0.4 is 10.1 Å². The third-order valence-electron chi connectivity index (χ3n) is 3.94. The number of carbonyl (C=O) groups is 1. The van der Waals surface area contributed by atoms with Crippen LogP contribution >= 0.6 is 0 Å². The van der Waals surface area contributed by atoms with E-state index in [-0.39, 0.29) is 17.9 Å². The summed E-state index contributed by atoms with van der Waals surface area (Å²) < 4.78 is 7.32. The van der Waals surface area contributed by atoms with Crippen molar-refractivity contribution in [2.24, 2.45) is 5.92 Å². The molecule has 1 atom stereocenters. The maximum absolute atomic E-state index is 12.2. The Balaban J connectivity index is 1.84. The molecule has 6 heteroatoms. The van der Waals surface area contributed by atoms with Crippen molar-refractivity contribution in [3.63, 3.8) is 0 Å². The zero-order valence-electron chi connectivity index (χ0n) is 14.8. The second-order valence-electron chi connectivity index (χ2n) is 6.35. The standard InChI is InChI=1S/C18H26N4O2/c1-13(2)22-12-20-21-17(22)11-19-18(23)10-14(3)9-15-7-5-6-8-16(15)24-4/h5-8,12-14H,9-11H2,1-4H3,(H,19,23). The molecule has 1 aromatic carbocycles. The number of nitrogens with zero attached hydrogens (tertiary/aromatic N) is 3. The van der Waals surface area contributed by atoms with Crippen molar-refractivity contribution in [2.45, 2.75) is 46.2 Å². The molecule has 24 heavy (non-hydrogen) atoms. The van der Waals surface area contributed by atoms with Crippen molar-refractivity contribution in [3.8, 4) is 5.75 Å². The highest BCUT2D eigenvalue weighted by Crippen LogP contribution is 2.22. The fraction of sp³-hybridized carbons (Fsp3) is 0.500. The molecule has 0 bridgehead atoms. The minimum absolute atomic E-state index is 0.0238. The van der Waals surface area contributed by atoms with Crippen LogP contribution in [-0.4, -0.2) is 27.8 Å². The fourth-order valence-corrected chi connectivity index (χ4v) is 2.71. The normalized spacial score (nSPS) is 12.2. The van der Waals surface area contributed by atoms with E-state index in [2.05, 4.69) is 36.3 Å². The Bertz CT molecular complexity index is 667. The van der Waals surface area contributed by atoms with Gasteiger partial charge in [-0.15, -0.1) is 10.2 Å². The van der Waals surface area contributed by atoms with Crippen LogP contribution in [0.3, 0.4) is 0 Å². The lowest BCUT2D eigenvalue weighted by Crippen LogP contribution is -2.26. The summed E-state index contributed by atoms with van der Waals surface area (Å²) in [4.78, 5) is 12.2. The zero-order chi connectivity index (χ0) is 17.5. The molecular weight excluding hydrogens is 304 g/mol. The van der Waals surface area contributed by atoms with Crippen LogP contribution in [0.2, 0.25) is 0 Å². The van der Waals surface area contributed by atoms with Gasteiger partial charge >= 0.3 is 0 Å². The average molecular weight is 330 g/mol. The Morgan fingerprint density at radius 3 is 2.75 bits per heavy atom. The van der Waals surface area contributed by atoms with Crippen LogP contribution in [0.25, 0.3) is 0 Å². The molecule has 0 radical (unpaired) electrons. The summed E-state index contributed by atoms with van der Waals surface area (Å²) in [5.74, 6) is 1.89. The van der Waals surface area contributed by atoms with E-state index in [9.17, 15) is 4.79 Å². The smallest absolute Gasteiger partial charge is 0.220 e. The molecule has 0 aliphatic carbocycles. The first-order valence-corrected chi connectivity index (χ1v) is 8.28. The molecule has 0 aliphatic heterocycles. The third kappa shape index (κ3) is 4.81. The summed E-state index contributed by atoms with van der Waals surface area (Å²) in [6.07, 6.45) is 2.96. The van der Waals surface area contributed by atoms with E-state index in [4.69, 9.17) is 4.74 Å². The molecule has 1 amide bonds. The Labute approximate surface area is 143 Å². The monoisotopic (exact) mass is 330 g/mol. The predicted molar refractivity (Wildman–Crippen MR) is 92.7 cm³/mol. The van der Waals surface area contributed by atoms with Crippen molar-refractivity contribution >= 4 is 5.91 Å². The van der Waals surface area contributed by atoms with E-state index in [1.54, 1.807) is 13.4 Å². The Morgan fingerprint density at radius 1 is 1.29 bits per heavy atom. The maximum atomic E-state index is 12.2. The molecule has 0 spiro atoms. The number of hydrogen-bond donors (Lipinski definition) is 1. The lowest BCUT2D eigenvalue weighted by atomic mass is 9.97. The molecule has 0 aliphatic rings. The molecule has 6 nitrogen and oxygen atoms in total. The first kappa shape index (κ1) is 18.0. The highest BCUT2D eigenvalue weighted by molar-refractivity contribution is 5.76. The molecular formula is C18H26N4O2. The summed E-state index contributed by atoms with van der Waals surface area (Å²) in [6, 6.07) is 8.20. The van der Waals surface area contributed by atoms with Crippen LogP contribution in [0.1, 0.15) is 44.6 Å². The molecule has 1 unspecified atom stereocenters. The molecule has 0 fully saturated rings. The summed E-state index contributed by atoms with van der Waals surface area (Å²) >= 11 is 0. The quantitative estimate of drug-likeness (QED) is 0.808. The van der Waals surface area contributed by atoms with Gasteiger partial charge in [0.25, 0.3) is 0 Å². The van der Waals surface area contributed by atoms with Crippen molar-refractivity contribution in [3.05, 3.63) is 42.0 Å². The van der Waals surface area contributed by atoms with Gasteiger partial charge in [0.15, 0.2) is 5.82 Å². The number of aromatic nitrogens is 3. The van der Waals surface area contributed by atoms with Crippen molar-refractivity contribution in [1.29, 1.82) is 0 Å². The summed E-state index contributed by atoms with van der Waals surface area (Å²) in [5.41, 5.74) is 1.12. The molecule has 0 saturated carbocycles. The van der Waals surface area contributed by atoms with Crippen molar-refractivity contribution in [1.82, 2.24) is 20.1 Å². The highest BCUT2D eigenvalue weighted by atomic mass is 16.5. The number of amides is 1. The largest absolute Gasteiger partial charge is 0.496 e. The van der Waals surface area contributed by atoms with Crippen LogP contribution in [0.15, 0.2) is 30.6 Å². The van der Waals surface area contributed by atoms with E-state index < -0.39 is 0 Å². The number of benzene rings is 1. The second kappa shape index (κ2) is 8.47. The third-order valence-corrected chi connectivity index (χ3v) is 3.94. The number of ether oxygens (including phenoxy) is 1. The number of rotatable bonds is 8.